The molecule has 226 valence electrons. The van der Waals surface area contributed by atoms with Crippen molar-refractivity contribution in [3.8, 4) is 33.4 Å². The van der Waals surface area contributed by atoms with Crippen LogP contribution >= 0.6 is 0 Å². The molecule has 49 heavy (non-hydrogen) atoms. The summed E-state index contributed by atoms with van der Waals surface area (Å²) in [5.74, 6) is 0. The minimum Gasteiger partial charge on any atom is -0.292 e. The molecule has 0 bridgehead atoms. The molecule has 2 aromatic heterocycles. The summed E-state index contributed by atoms with van der Waals surface area (Å²) in [4.78, 5) is 8.68. The molecule has 2 heterocycles. The van der Waals surface area contributed by atoms with E-state index in [2.05, 4.69) is 161 Å². The van der Waals surface area contributed by atoms with Crippen molar-refractivity contribution >= 4 is 65.6 Å². The molecule has 10 aromatic rings. The Kier molecular flexibility index (Phi) is 5.94. The van der Waals surface area contributed by atoms with Gasteiger partial charge in [-0.05, 0) is 78.5 Å². The van der Waals surface area contributed by atoms with E-state index in [-0.39, 0.29) is 0 Å². The predicted molar refractivity (Wildman–Crippen MR) is 205 cm³/mol. The maximum atomic E-state index is 7.41. The van der Waals surface area contributed by atoms with Gasteiger partial charge < -0.3 is 0 Å². The van der Waals surface area contributed by atoms with Crippen molar-refractivity contribution < 1.29 is 0 Å². The highest BCUT2D eigenvalue weighted by Gasteiger charge is 2.17. The smallest absolute Gasteiger partial charge is 0.187 e. The van der Waals surface area contributed by atoms with Gasteiger partial charge in [0.1, 0.15) is 5.65 Å². The number of nitrogens with zero attached hydrogens (tertiary/aromatic N) is 3. The summed E-state index contributed by atoms with van der Waals surface area (Å²) in [6.45, 7) is 7.41. The zero-order valence-electron chi connectivity index (χ0n) is 26.4. The number of para-hydroxylation sites is 2. The van der Waals surface area contributed by atoms with Crippen LogP contribution in [0.1, 0.15) is 0 Å². The highest BCUT2D eigenvalue weighted by molar-refractivity contribution is 6.21. The van der Waals surface area contributed by atoms with Crippen molar-refractivity contribution in [1.29, 1.82) is 0 Å². The zero-order chi connectivity index (χ0) is 32.5. The van der Waals surface area contributed by atoms with Crippen molar-refractivity contribution in [1.82, 2.24) is 9.38 Å². The molecule has 0 amide bonds. The van der Waals surface area contributed by atoms with E-state index in [0.717, 1.165) is 33.1 Å². The Morgan fingerprint density at radius 1 is 0.408 bits per heavy atom. The van der Waals surface area contributed by atoms with Crippen LogP contribution in [0.15, 0.2) is 164 Å². The number of benzene rings is 8. The SMILES string of the molecule is [C-]#[N+]c1ccc(-c2c3ccccc3c(-c3ccc(-c4ccc5c6ccccc6c6nc7ccccc7n6c5c4)cc3)c3ccccc23)cc1. The molecule has 0 radical (unpaired) electrons. The number of aromatic nitrogens is 2. The Labute approximate surface area is 282 Å². The van der Waals surface area contributed by atoms with Crippen molar-refractivity contribution in [2.75, 3.05) is 0 Å². The maximum absolute atomic E-state index is 7.41. The van der Waals surface area contributed by atoms with Crippen LogP contribution in [0.2, 0.25) is 0 Å². The summed E-state index contributed by atoms with van der Waals surface area (Å²) >= 11 is 0. The molecule has 0 aliphatic rings. The number of pyridine rings is 1. The number of imidazole rings is 1. The normalized spacial score (nSPS) is 11.7. The zero-order valence-corrected chi connectivity index (χ0v) is 26.4. The first-order chi connectivity index (χ1) is 24.3. The van der Waals surface area contributed by atoms with Gasteiger partial charge in [-0.15, -0.1) is 0 Å². The third kappa shape index (κ3) is 4.11. The van der Waals surface area contributed by atoms with Gasteiger partial charge in [0.05, 0.1) is 23.1 Å². The van der Waals surface area contributed by atoms with E-state index in [0.29, 0.717) is 5.69 Å². The van der Waals surface area contributed by atoms with Gasteiger partial charge in [-0.2, -0.15) is 0 Å². The molecule has 0 saturated heterocycles. The molecule has 0 spiro atoms. The van der Waals surface area contributed by atoms with Gasteiger partial charge in [0.25, 0.3) is 0 Å². The average molecular weight is 622 g/mol. The lowest BCUT2D eigenvalue weighted by molar-refractivity contribution is 1.31. The quantitative estimate of drug-likeness (QED) is 0.109. The summed E-state index contributed by atoms with van der Waals surface area (Å²) in [7, 11) is 0. The molecule has 0 saturated carbocycles. The Morgan fingerprint density at radius 3 is 1.51 bits per heavy atom. The topological polar surface area (TPSA) is 21.7 Å². The number of hydrogen-bond acceptors (Lipinski definition) is 1. The molecule has 10 rings (SSSR count). The van der Waals surface area contributed by atoms with Gasteiger partial charge in [0.2, 0.25) is 0 Å². The third-order valence-electron chi connectivity index (χ3n) is 9.98. The van der Waals surface area contributed by atoms with E-state index in [4.69, 9.17) is 11.6 Å². The van der Waals surface area contributed by atoms with Crippen LogP contribution in [-0.2, 0) is 0 Å². The summed E-state index contributed by atoms with van der Waals surface area (Å²) in [5, 5.41) is 8.42. The number of rotatable bonds is 3. The molecule has 0 aliphatic carbocycles. The molecule has 0 fully saturated rings. The molecular formula is C46H27N3. The van der Waals surface area contributed by atoms with Gasteiger partial charge in [-0.3, -0.25) is 4.40 Å². The van der Waals surface area contributed by atoms with Crippen LogP contribution in [0.5, 0.6) is 0 Å². The Balaban J connectivity index is 1.16. The minimum atomic E-state index is 0.650. The van der Waals surface area contributed by atoms with Crippen LogP contribution in [0.4, 0.5) is 5.69 Å². The van der Waals surface area contributed by atoms with Crippen LogP contribution < -0.4 is 0 Å². The van der Waals surface area contributed by atoms with Crippen LogP contribution in [-0.4, -0.2) is 9.38 Å². The molecule has 3 nitrogen and oxygen atoms in total. The molecule has 0 atom stereocenters. The number of fused-ring (bicyclic) bond motifs is 10. The first-order valence-corrected chi connectivity index (χ1v) is 16.5. The summed E-state index contributed by atoms with van der Waals surface area (Å²) in [5.41, 5.74) is 12.0. The third-order valence-corrected chi connectivity index (χ3v) is 9.98. The van der Waals surface area contributed by atoms with E-state index in [1.54, 1.807) is 0 Å². The monoisotopic (exact) mass is 621 g/mol. The van der Waals surface area contributed by atoms with E-state index in [1.165, 1.54) is 60.1 Å². The van der Waals surface area contributed by atoms with Gasteiger partial charge in [0.15, 0.2) is 5.69 Å². The van der Waals surface area contributed by atoms with Gasteiger partial charge in [0, 0.05) is 10.8 Å². The Morgan fingerprint density at radius 2 is 0.898 bits per heavy atom. The Bertz CT molecular complexity index is 2920. The Hall–Kier alpha value is -6.76. The lowest BCUT2D eigenvalue weighted by Crippen LogP contribution is -1.92. The standard InChI is InChI=1S/C46H27N3/c1-47-33-25-22-31(23-26-33)45-38-13-5-3-11-36(38)44(37-12-4-6-14-39(37)45)30-20-18-29(19-21-30)32-24-27-35-34-10-2-7-15-40(34)46-48-41-16-8-9-17-42(41)49(46)43(35)28-32/h2-28H. The highest BCUT2D eigenvalue weighted by Crippen LogP contribution is 2.44. The lowest BCUT2D eigenvalue weighted by atomic mass is 9.85. The van der Waals surface area contributed by atoms with Crippen molar-refractivity contribution in [2.45, 2.75) is 0 Å². The molecular weight excluding hydrogens is 595 g/mol. The molecule has 0 N–H and O–H groups in total. The fraction of sp³-hybridized carbons (Fsp3) is 0. The van der Waals surface area contributed by atoms with E-state index in [1.807, 2.05) is 12.1 Å². The second-order valence-corrected chi connectivity index (χ2v) is 12.6. The van der Waals surface area contributed by atoms with Crippen molar-refractivity contribution in [3.63, 3.8) is 0 Å². The fourth-order valence-electron chi connectivity index (χ4n) is 7.77. The maximum Gasteiger partial charge on any atom is 0.187 e. The molecule has 0 unspecified atom stereocenters. The first kappa shape index (κ1) is 27.4. The van der Waals surface area contributed by atoms with Crippen LogP contribution in [0.3, 0.4) is 0 Å². The van der Waals surface area contributed by atoms with E-state index in [9.17, 15) is 0 Å². The minimum absolute atomic E-state index is 0.650. The summed E-state index contributed by atoms with van der Waals surface area (Å²) in [6, 6.07) is 58.2. The van der Waals surface area contributed by atoms with Crippen LogP contribution in [0.25, 0.3) is 98.1 Å². The highest BCUT2D eigenvalue weighted by atomic mass is 15.0. The van der Waals surface area contributed by atoms with E-state index < -0.39 is 0 Å². The molecule has 0 aliphatic heterocycles. The summed E-state index contributed by atoms with van der Waals surface area (Å²) in [6.07, 6.45) is 0. The van der Waals surface area contributed by atoms with Gasteiger partial charge in [-0.1, -0.05) is 146 Å². The summed E-state index contributed by atoms with van der Waals surface area (Å²) < 4.78 is 2.32. The van der Waals surface area contributed by atoms with E-state index >= 15 is 0 Å². The van der Waals surface area contributed by atoms with Gasteiger partial charge in [-0.25, -0.2) is 9.83 Å². The predicted octanol–water partition coefficient (Wildman–Crippen LogP) is 12.7. The largest absolute Gasteiger partial charge is 0.292 e. The second kappa shape index (κ2) is 10.6. The number of hydrogen-bond donors (Lipinski definition) is 0. The first-order valence-electron chi connectivity index (χ1n) is 16.5. The lowest BCUT2D eigenvalue weighted by Gasteiger charge is -2.18. The molecule has 8 aromatic carbocycles. The average Bonchev–Trinajstić information content (AvgIpc) is 3.57. The fourth-order valence-corrected chi connectivity index (χ4v) is 7.77. The molecule has 3 heteroatoms. The van der Waals surface area contributed by atoms with Crippen LogP contribution in [0, 0.1) is 6.57 Å². The van der Waals surface area contributed by atoms with Crippen molar-refractivity contribution in [2.24, 2.45) is 0 Å². The second-order valence-electron chi connectivity index (χ2n) is 12.6. The van der Waals surface area contributed by atoms with Gasteiger partial charge >= 0.3 is 0 Å². The van der Waals surface area contributed by atoms with Crippen molar-refractivity contribution in [3.05, 3.63) is 175 Å².